The number of hydrogen-bond acceptors (Lipinski definition) is 1. The molecule has 0 aliphatic rings. The standard InChI is InChI=1S/C13H25O/c1-2-3-4-5-6-7-8-9-10-11-12-13-14/h13H,1-12H2. The van der Waals surface area contributed by atoms with Gasteiger partial charge in [-0.25, -0.2) is 0 Å². The maximum atomic E-state index is 10.0. The van der Waals surface area contributed by atoms with Gasteiger partial charge in [0.2, 0.25) is 0 Å². The SMILES string of the molecule is [CH2]CCCCCCCCCCCC=O. The average Bonchev–Trinajstić information content (AvgIpc) is 2.21. The summed E-state index contributed by atoms with van der Waals surface area (Å²) in [7, 11) is 0. The van der Waals surface area contributed by atoms with Gasteiger partial charge in [-0.05, 0) is 6.42 Å². The molecule has 1 radical (unpaired) electrons. The number of carbonyl (C=O) groups is 1. The monoisotopic (exact) mass is 197 g/mol. The third-order valence-corrected chi connectivity index (χ3v) is 2.57. The van der Waals surface area contributed by atoms with E-state index in [-0.39, 0.29) is 0 Å². The predicted octanol–water partition coefficient (Wildman–Crippen LogP) is 4.31. The molecule has 0 spiro atoms. The molecule has 0 aromatic heterocycles. The van der Waals surface area contributed by atoms with Gasteiger partial charge in [-0.2, -0.15) is 0 Å². The lowest BCUT2D eigenvalue weighted by atomic mass is 10.1. The molecule has 0 saturated heterocycles. The molecule has 14 heavy (non-hydrogen) atoms. The van der Waals surface area contributed by atoms with Gasteiger partial charge < -0.3 is 4.79 Å². The number of unbranched alkanes of at least 4 members (excludes halogenated alkanes) is 10. The molecule has 0 N–H and O–H groups in total. The van der Waals surface area contributed by atoms with Gasteiger partial charge in [0.1, 0.15) is 6.29 Å². The normalized spacial score (nSPS) is 10.4. The Bertz CT molecular complexity index is 110. The highest BCUT2D eigenvalue weighted by Gasteiger charge is 1.91. The summed E-state index contributed by atoms with van der Waals surface area (Å²) < 4.78 is 0. The van der Waals surface area contributed by atoms with E-state index < -0.39 is 0 Å². The first-order chi connectivity index (χ1) is 6.91. The zero-order valence-corrected chi connectivity index (χ0v) is 9.47. The molecule has 0 atom stereocenters. The zero-order chi connectivity index (χ0) is 10.5. The first kappa shape index (κ1) is 13.7. The van der Waals surface area contributed by atoms with Gasteiger partial charge in [0.25, 0.3) is 0 Å². The summed E-state index contributed by atoms with van der Waals surface area (Å²) in [6, 6.07) is 0. The highest BCUT2D eigenvalue weighted by atomic mass is 16.1. The van der Waals surface area contributed by atoms with E-state index in [0.717, 1.165) is 25.5 Å². The van der Waals surface area contributed by atoms with Crippen LogP contribution in [0, 0.1) is 6.92 Å². The number of aldehydes is 1. The van der Waals surface area contributed by atoms with Crippen LogP contribution in [0.25, 0.3) is 0 Å². The first-order valence-electron chi connectivity index (χ1n) is 6.14. The Morgan fingerprint density at radius 1 is 0.714 bits per heavy atom. The molecule has 0 amide bonds. The van der Waals surface area contributed by atoms with Gasteiger partial charge in [-0.1, -0.05) is 64.7 Å². The van der Waals surface area contributed by atoms with Crippen molar-refractivity contribution in [3.8, 4) is 0 Å². The van der Waals surface area contributed by atoms with Crippen LogP contribution in [-0.2, 0) is 4.79 Å². The molecule has 83 valence electrons. The van der Waals surface area contributed by atoms with E-state index in [0.29, 0.717) is 0 Å². The van der Waals surface area contributed by atoms with Crippen molar-refractivity contribution in [2.24, 2.45) is 0 Å². The van der Waals surface area contributed by atoms with E-state index in [1.807, 2.05) is 0 Å². The Morgan fingerprint density at radius 3 is 1.57 bits per heavy atom. The van der Waals surface area contributed by atoms with Crippen molar-refractivity contribution in [1.82, 2.24) is 0 Å². The minimum Gasteiger partial charge on any atom is -0.303 e. The van der Waals surface area contributed by atoms with Crippen molar-refractivity contribution in [2.75, 3.05) is 0 Å². The Morgan fingerprint density at radius 2 is 1.14 bits per heavy atom. The third-order valence-electron chi connectivity index (χ3n) is 2.57. The van der Waals surface area contributed by atoms with Gasteiger partial charge in [0, 0.05) is 6.42 Å². The Labute approximate surface area is 89.3 Å². The lowest BCUT2D eigenvalue weighted by Crippen LogP contribution is -1.82. The minimum absolute atomic E-state index is 0.753. The summed E-state index contributed by atoms with van der Waals surface area (Å²) in [5.74, 6) is 0. The largest absolute Gasteiger partial charge is 0.303 e. The molecule has 0 rings (SSSR count). The Kier molecular flexibility index (Phi) is 12.4. The maximum absolute atomic E-state index is 10.0. The minimum atomic E-state index is 0.753. The molecule has 0 fully saturated rings. The molecular formula is C13H25O. The highest BCUT2D eigenvalue weighted by Crippen LogP contribution is 2.10. The fourth-order valence-electron chi connectivity index (χ4n) is 1.64. The lowest BCUT2D eigenvalue weighted by Gasteiger charge is -2.00. The van der Waals surface area contributed by atoms with E-state index in [1.54, 1.807) is 0 Å². The van der Waals surface area contributed by atoms with E-state index in [1.165, 1.54) is 51.4 Å². The van der Waals surface area contributed by atoms with Crippen LogP contribution < -0.4 is 0 Å². The van der Waals surface area contributed by atoms with Crippen molar-refractivity contribution in [2.45, 2.75) is 70.6 Å². The summed E-state index contributed by atoms with van der Waals surface area (Å²) in [6.07, 6.45) is 14.6. The van der Waals surface area contributed by atoms with Crippen LogP contribution in [0.15, 0.2) is 0 Å². The van der Waals surface area contributed by atoms with Crippen molar-refractivity contribution in [1.29, 1.82) is 0 Å². The smallest absolute Gasteiger partial charge is 0.119 e. The summed E-state index contributed by atoms with van der Waals surface area (Å²) in [4.78, 5) is 10.0. The van der Waals surface area contributed by atoms with Crippen molar-refractivity contribution in [3.05, 3.63) is 6.92 Å². The number of carbonyl (C=O) groups excluding carboxylic acids is 1. The van der Waals surface area contributed by atoms with Gasteiger partial charge in [0.15, 0.2) is 0 Å². The van der Waals surface area contributed by atoms with Crippen molar-refractivity contribution in [3.63, 3.8) is 0 Å². The van der Waals surface area contributed by atoms with Crippen LogP contribution in [0.1, 0.15) is 70.6 Å². The van der Waals surface area contributed by atoms with Crippen LogP contribution >= 0.6 is 0 Å². The van der Waals surface area contributed by atoms with Crippen LogP contribution in [0.3, 0.4) is 0 Å². The molecule has 0 aromatic rings. The number of hydrogen-bond donors (Lipinski definition) is 0. The molecule has 0 unspecified atom stereocenters. The fourth-order valence-corrected chi connectivity index (χ4v) is 1.64. The van der Waals surface area contributed by atoms with Gasteiger partial charge in [-0.15, -0.1) is 0 Å². The quantitative estimate of drug-likeness (QED) is 0.356. The van der Waals surface area contributed by atoms with Crippen LogP contribution in [-0.4, -0.2) is 6.29 Å². The van der Waals surface area contributed by atoms with Crippen LogP contribution in [0.5, 0.6) is 0 Å². The molecule has 1 heteroatoms. The molecule has 0 saturated carbocycles. The number of rotatable bonds is 11. The third kappa shape index (κ3) is 11.7. The van der Waals surface area contributed by atoms with Crippen LogP contribution in [0.4, 0.5) is 0 Å². The van der Waals surface area contributed by atoms with E-state index in [4.69, 9.17) is 0 Å². The topological polar surface area (TPSA) is 17.1 Å². The van der Waals surface area contributed by atoms with Gasteiger partial charge >= 0.3 is 0 Å². The Hall–Kier alpha value is -0.330. The lowest BCUT2D eigenvalue weighted by molar-refractivity contribution is -0.107. The molecule has 0 aliphatic carbocycles. The second kappa shape index (κ2) is 12.7. The second-order valence-electron chi connectivity index (χ2n) is 3.99. The van der Waals surface area contributed by atoms with E-state index >= 15 is 0 Å². The van der Waals surface area contributed by atoms with Crippen LogP contribution in [0.2, 0.25) is 0 Å². The summed E-state index contributed by atoms with van der Waals surface area (Å²) >= 11 is 0. The fraction of sp³-hybridized carbons (Fsp3) is 0.846. The van der Waals surface area contributed by atoms with E-state index in [9.17, 15) is 4.79 Å². The zero-order valence-electron chi connectivity index (χ0n) is 9.47. The first-order valence-corrected chi connectivity index (χ1v) is 6.14. The Balaban J connectivity index is 2.81. The maximum Gasteiger partial charge on any atom is 0.119 e. The van der Waals surface area contributed by atoms with Gasteiger partial charge in [0.05, 0.1) is 0 Å². The molecule has 1 nitrogen and oxygen atoms in total. The van der Waals surface area contributed by atoms with E-state index in [2.05, 4.69) is 6.92 Å². The average molecular weight is 197 g/mol. The molecular weight excluding hydrogens is 172 g/mol. The summed E-state index contributed by atoms with van der Waals surface area (Å²) in [5, 5.41) is 0. The molecule has 0 aliphatic heterocycles. The second-order valence-corrected chi connectivity index (χ2v) is 3.99. The summed E-state index contributed by atoms with van der Waals surface area (Å²) in [5.41, 5.74) is 0. The summed E-state index contributed by atoms with van der Waals surface area (Å²) in [6.45, 7) is 3.83. The van der Waals surface area contributed by atoms with Crippen molar-refractivity contribution >= 4 is 6.29 Å². The molecule has 0 aromatic carbocycles. The van der Waals surface area contributed by atoms with Gasteiger partial charge in [-0.3, -0.25) is 0 Å². The predicted molar refractivity (Wildman–Crippen MR) is 62.2 cm³/mol. The highest BCUT2D eigenvalue weighted by molar-refractivity contribution is 5.48. The molecule has 0 bridgehead atoms. The molecule has 0 heterocycles. The van der Waals surface area contributed by atoms with Crippen molar-refractivity contribution < 1.29 is 4.79 Å².